The van der Waals surface area contributed by atoms with Gasteiger partial charge in [0.25, 0.3) is 0 Å². The molecule has 2 aliphatic rings. The van der Waals surface area contributed by atoms with Gasteiger partial charge in [0.2, 0.25) is 0 Å². The minimum Gasteiger partial charge on any atom is -0.481 e. The number of hydrogen-bond acceptors (Lipinski definition) is 6. The van der Waals surface area contributed by atoms with Gasteiger partial charge in [-0.3, -0.25) is 14.7 Å². The Hall–Kier alpha value is -2.40. The zero-order valence-electron chi connectivity index (χ0n) is 17.8. The number of carboxylic acid groups (broad SMARTS) is 2. The Labute approximate surface area is 184 Å². The number of carboxylic acids is 2. The van der Waals surface area contributed by atoms with Gasteiger partial charge in [0.1, 0.15) is 0 Å². The summed E-state index contributed by atoms with van der Waals surface area (Å²) in [7, 11) is 0. The van der Waals surface area contributed by atoms with Crippen LogP contribution in [0.2, 0.25) is 0 Å². The molecule has 1 saturated heterocycles. The maximum absolute atomic E-state index is 10.8. The highest BCUT2D eigenvalue weighted by molar-refractivity contribution is 5.73. The number of piperazine rings is 1. The molecule has 0 atom stereocenters. The molecule has 0 unspecified atom stereocenters. The maximum Gasteiger partial charge on any atom is 0.490 e. The second-order valence-corrected chi connectivity index (χ2v) is 8.36. The SMILES string of the molecule is O=C(O)C(F)(F)F.O=C(O)CC1(O)CCC(CCN2CCN(c3ccncc3)CC2)CC1. The van der Waals surface area contributed by atoms with E-state index in [1.54, 1.807) is 0 Å². The lowest BCUT2D eigenvalue weighted by Gasteiger charge is -2.38. The molecule has 1 saturated carbocycles. The van der Waals surface area contributed by atoms with Gasteiger partial charge in [0.05, 0.1) is 12.0 Å². The third-order valence-electron chi connectivity index (χ3n) is 6.01. The summed E-state index contributed by atoms with van der Waals surface area (Å²) >= 11 is 0. The van der Waals surface area contributed by atoms with Gasteiger partial charge < -0.3 is 20.2 Å². The summed E-state index contributed by atoms with van der Waals surface area (Å²) in [5.74, 6) is -3.03. The summed E-state index contributed by atoms with van der Waals surface area (Å²) in [6.45, 7) is 5.36. The Morgan fingerprint density at radius 1 is 1.06 bits per heavy atom. The van der Waals surface area contributed by atoms with Crippen molar-refractivity contribution in [3.63, 3.8) is 0 Å². The largest absolute Gasteiger partial charge is 0.490 e. The summed E-state index contributed by atoms with van der Waals surface area (Å²) in [4.78, 5) is 28.7. The molecule has 3 N–H and O–H groups in total. The Morgan fingerprint density at radius 2 is 1.59 bits per heavy atom. The van der Waals surface area contributed by atoms with Crippen LogP contribution in [0.4, 0.5) is 18.9 Å². The monoisotopic (exact) mass is 461 g/mol. The van der Waals surface area contributed by atoms with Gasteiger partial charge in [-0.2, -0.15) is 13.2 Å². The highest BCUT2D eigenvalue weighted by atomic mass is 19.4. The summed E-state index contributed by atoms with van der Waals surface area (Å²) < 4.78 is 31.7. The lowest BCUT2D eigenvalue weighted by molar-refractivity contribution is -0.192. The number of alkyl halides is 3. The molecule has 1 aromatic rings. The van der Waals surface area contributed by atoms with Crippen LogP contribution in [0, 0.1) is 5.92 Å². The number of halogens is 3. The molecule has 0 amide bonds. The highest BCUT2D eigenvalue weighted by Crippen LogP contribution is 2.36. The van der Waals surface area contributed by atoms with Crippen LogP contribution in [0.15, 0.2) is 24.5 Å². The molecule has 0 bridgehead atoms. The highest BCUT2D eigenvalue weighted by Gasteiger charge is 2.38. The first kappa shape index (κ1) is 25.9. The van der Waals surface area contributed by atoms with E-state index in [1.165, 1.54) is 5.69 Å². The van der Waals surface area contributed by atoms with E-state index in [0.29, 0.717) is 18.8 Å². The average molecular weight is 461 g/mol. The van der Waals surface area contributed by atoms with Crippen molar-refractivity contribution in [1.29, 1.82) is 0 Å². The molecule has 8 nitrogen and oxygen atoms in total. The van der Waals surface area contributed by atoms with Crippen LogP contribution in [-0.4, -0.2) is 81.6 Å². The molecule has 1 aliphatic heterocycles. The number of rotatable bonds is 6. The van der Waals surface area contributed by atoms with Crippen molar-refractivity contribution >= 4 is 17.6 Å². The van der Waals surface area contributed by atoms with Crippen LogP contribution in [0.1, 0.15) is 38.5 Å². The predicted molar refractivity (Wildman–Crippen MR) is 110 cm³/mol. The minimum atomic E-state index is -5.08. The van der Waals surface area contributed by atoms with Crippen molar-refractivity contribution in [2.75, 3.05) is 37.6 Å². The second-order valence-electron chi connectivity index (χ2n) is 8.36. The fourth-order valence-corrected chi connectivity index (χ4v) is 4.11. The first-order valence-corrected chi connectivity index (χ1v) is 10.6. The van der Waals surface area contributed by atoms with Crippen LogP contribution in [-0.2, 0) is 9.59 Å². The molecule has 2 fully saturated rings. The Bertz CT molecular complexity index is 732. The molecule has 11 heteroatoms. The van der Waals surface area contributed by atoms with E-state index in [0.717, 1.165) is 52.0 Å². The van der Waals surface area contributed by atoms with Crippen molar-refractivity contribution in [3.8, 4) is 0 Å². The zero-order chi connectivity index (χ0) is 23.8. The average Bonchev–Trinajstić information content (AvgIpc) is 2.73. The first-order chi connectivity index (χ1) is 15.0. The smallest absolute Gasteiger partial charge is 0.481 e. The van der Waals surface area contributed by atoms with E-state index < -0.39 is 23.7 Å². The fraction of sp³-hybridized carbons (Fsp3) is 0.667. The number of pyridine rings is 1. The Kier molecular flexibility index (Phi) is 9.26. The lowest BCUT2D eigenvalue weighted by atomic mass is 9.76. The number of aliphatic carboxylic acids is 2. The van der Waals surface area contributed by atoms with Gasteiger partial charge >= 0.3 is 18.1 Å². The van der Waals surface area contributed by atoms with Crippen molar-refractivity contribution in [3.05, 3.63) is 24.5 Å². The van der Waals surface area contributed by atoms with E-state index >= 15 is 0 Å². The molecule has 1 aromatic heterocycles. The summed E-state index contributed by atoms with van der Waals surface area (Å²) in [6, 6.07) is 4.13. The number of anilines is 1. The van der Waals surface area contributed by atoms with Gasteiger partial charge in [-0.1, -0.05) is 0 Å². The topological polar surface area (TPSA) is 114 Å². The van der Waals surface area contributed by atoms with E-state index in [1.807, 2.05) is 12.4 Å². The van der Waals surface area contributed by atoms with Crippen molar-refractivity contribution in [2.45, 2.75) is 50.3 Å². The van der Waals surface area contributed by atoms with Gasteiger partial charge in [-0.05, 0) is 56.7 Å². The van der Waals surface area contributed by atoms with Crippen molar-refractivity contribution < 1.29 is 38.1 Å². The lowest BCUT2D eigenvalue weighted by Crippen LogP contribution is -2.47. The molecular weight excluding hydrogens is 431 g/mol. The molecule has 0 aromatic carbocycles. The van der Waals surface area contributed by atoms with Crippen LogP contribution in [0.3, 0.4) is 0 Å². The van der Waals surface area contributed by atoms with Crippen molar-refractivity contribution in [2.24, 2.45) is 5.92 Å². The molecule has 180 valence electrons. The van der Waals surface area contributed by atoms with Crippen LogP contribution >= 0.6 is 0 Å². The van der Waals surface area contributed by atoms with Crippen molar-refractivity contribution in [1.82, 2.24) is 9.88 Å². The molecule has 0 spiro atoms. The first-order valence-electron chi connectivity index (χ1n) is 10.6. The summed E-state index contributed by atoms with van der Waals surface area (Å²) in [5, 5.41) is 26.3. The summed E-state index contributed by atoms with van der Waals surface area (Å²) in [5.41, 5.74) is 0.276. The van der Waals surface area contributed by atoms with E-state index in [9.17, 15) is 23.1 Å². The van der Waals surface area contributed by atoms with E-state index in [-0.39, 0.29) is 6.42 Å². The van der Waals surface area contributed by atoms with Crippen LogP contribution in [0.5, 0.6) is 0 Å². The molecular formula is C21H30F3N3O5. The van der Waals surface area contributed by atoms with Crippen LogP contribution in [0.25, 0.3) is 0 Å². The van der Waals surface area contributed by atoms with Crippen LogP contribution < -0.4 is 4.90 Å². The quantitative estimate of drug-likeness (QED) is 0.593. The maximum atomic E-state index is 10.8. The fourth-order valence-electron chi connectivity index (χ4n) is 4.11. The van der Waals surface area contributed by atoms with Gasteiger partial charge in [0, 0.05) is 44.3 Å². The molecule has 2 heterocycles. The molecule has 3 rings (SSSR count). The van der Waals surface area contributed by atoms with E-state index in [4.69, 9.17) is 15.0 Å². The molecule has 1 aliphatic carbocycles. The number of hydrogen-bond donors (Lipinski definition) is 3. The zero-order valence-corrected chi connectivity index (χ0v) is 17.8. The minimum absolute atomic E-state index is 0.114. The normalized spacial score (nSPS) is 24.4. The third-order valence-corrected chi connectivity index (χ3v) is 6.01. The van der Waals surface area contributed by atoms with E-state index in [2.05, 4.69) is 26.9 Å². The molecule has 32 heavy (non-hydrogen) atoms. The standard InChI is InChI=1S/C19H29N3O3.C2HF3O2/c23-18(24)15-19(25)6-1-16(2-7-19)5-10-21-11-13-22(14-12-21)17-3-8-20-9-4-17;3-2(4,5)1(6)7/h3-4,8-9,16,25H,1-2,5-7,10-15H2,(H,23,24);(H,6,7). The Balaban J connectivity index is 0.000000451. The predicted octanol–water partition coefficient (Wildman–Crippen LogP) is 2.62. The van der Waals surface area contributed by atoms with Gasteiger partial charge in [-0.25, -0.2) is 4.79 Å². The Morgan fingerprint density at radius 3 is 2.06 bits per heavy atom. The number of carbonyl (C=O) groups is 2. The summed E-state index contributed by atoms with van der Waals surface area (Å²) in [6.07, 6.45) is 2.78. The van der Waals surface area contributed by atoms with Gasteiger partial charge in [0.15, 0.2) is 0 Å². The molecule has 0 radical (unpaired) electrons. The number of aliphatic hydroxyl groups is 1. The second kappa shape index (κ2) is 11.5. The third kappa shape index (κ3) is 8.62. The van der Waals surface area contributed by atoms with Gasteiger partial charge in [-0.15, -0.1) is 0 Å². The number of aromatic nitrogens is 1. The number of nitrogens with zero attached hydrogens (tertiary/aromatic N) is 3.